The van der Waals surface area contributed by atoms with Crippen LogP contribution in [-0.2, 0) is 7.05 Å². The van der Waals surface area contributed by atoms with E-state index in [1.807, 2.05) is 36.0 Å². The number of hydrogen-bond acceptors (Lipinski definition) is 3. The van der Waals surface area contributed by atoms with Crippen LogP contribution in [0.5, 0.6) is 0 Å². The van der Waals surface area contributed by atoms with Crippen molar-refractivity contribution in [2.75, 3.05) is 5.73 Å². The normalized spacial score (nSPS) is 10.5. The van der Waals surface area contributed by atoms with Crippen LogP contribution in [0, 0.1) is 11.3 Å². The SMILES string of the molecule is Cn1cccc1-c1cc(-c2ccc(Cl)cc2Cl)nc(N)c1C#N. The Balaban J connectivity index is 2.27. The molecule has 0 aliphatic heterocycles. The predicted molar refractivity (Wildman–Crippen MR) is 93.2 cm³/mol. The van der Waals surface area contributed by atoms with Crippen molar-refractivity contribution >= 4 is 29.0 Å². The first-order valence-corrected chi connectivity index (χ1v) is 7.54. The number of anilines is 1. The van der Waals surface area contributed by atoms with Gasteiger partial charge in [0.1, 0.15) is 17.5 Å². The molecule has 114 valence electrons. The number of hydrogen-bond donors (Lipinski definition) is 1. The molecule has 0 unspecified atom stereocenters. The van der Waals surface area contributed by atoms with Gasteiger partial charge in [-0.25, -0.2) is 4.98 Å². The van der Waals surface area contributed by atoms with E-state index in [1.165, 1.54) is 0 Å². The molecule has 0 atom stereocenters. The van der Waals surface area contributed by atoms with Crippen LogP contribution >= 0.6 is 23.2 Å². The van der Waals surface area contributed by atoms with Crippen molar-refractivity contribution in [2.45, 2.75) is 0 Å². The van der Waals surface area contributed by atoms with E-state index in [0.29, 0.717) is 32.4 Å². The number of aromatic nitrogens is 2. The maximum Gasteiger partial charge on any atom is 0.142 e. The Bertz CT molecular complexity index is 938. The van der Waals surface area contributed by atoms with Crippen LogP contribution in [0.2, 0.25) is 10.0 Å². The summed E-state index contributed by atoms with van der Waals surface area (Å²) in [4.78, 5) is 4.32. The van der Waals surface area contributed by atoms with E-state index in [9.17, 15) is 5.26 Å². The lowest BCUT2D eigenvalue weighted by atomic mass is 10.0. The Kier molecular flexibility index (Phi) is 3.99. The van der Waals surface area contributed by atoms with Gasteiger partial charge in [-0.05, 0) is 36.4 Å². The smallest absolute Gasteiger partial charge is 0.142 e. The summed E-state index contributed by atoms with van der Waals surface area (Å²) in [7, 11) is 1.90. The lowest BCUT2D eigenvalue weighted by molar-refractivity contribution is 0.936. The van der Waals surface area contributed by atoms with E-state index in [2.05, 4.69) is 11.1 Å². The van der Waals surface area contributed by atoms with Crippen LogP contribution in [0.1, 0.15) is 5.56 Å². The molecule has 0 aliphatic rings. The topological polar surface area (TPSA) is 67.6 Å². The number of rotatable bonds is 2. The highest BCUT2D eigenvalue weighted by Crippen LogP contribution is 2.34. The van der Waals surface area contributed by atoms with E-state index < -0.39 is 0 Å². The molecule has 2 N–H and O–H groups in total. The van der Waals surface area contributed by atoms with E-state index >= 15 is 0 Å². The second-order valence-electron chi connectivity index (χ2n) is 5.06. The maximum atomic E-state index is 9.42. The molecule has 2 aromatic heterocycles. The zero-order valence-corrected chi connectivity index (χ0v) is 13.7. The summed E-state index contributed by atoms with van der Waals surface area (Å²) in [6.07, 6.45) is 1.90. The molecule has 0 spiro atoms. The van der Waals surface area contributed by atoms with Gasteiger partial charge >= 0.3 is 0 Å². The Hall–Kier alpha value is -2.48. The van der Waals surface area contributed by atoms with E-state index in [-0.39, 0.29) is 5.82 Å². The summed E-state index contributed by atoms with van der Waals surface area (Å²) in [5.74, 6) is 0.173. The highest BCUT2D eigenvalue weighted by atomic mass is 35.5. The maximum absolute atomic E-state index is 9.42. The number of nitrogen functional groups attached to an aromatic ring is 1. The quantitative estimate of drug-likeness (QED) is 0.744. The molecular weight excluding hydrogens is 331 g/mol. The Morgan fingerprint density at radius 1 is 1.17 bits per heavy atom. The van der Waals surface area contributed by atoms with Crippen molar-refractivity contribution in [3.8, 4) is 28.6 Å². The van der Waals surface area contributed by atoms with Gasteiger partial charge in [-0.15, -0.1) is 0 Å². The van der Waals surface area contributed by atoms with Gasteiger partial charge in [-0.1, -0.05) is 23.2 Å². The number of benzene rings is 1. The first-order valence-electron chi connectivity index (χ1n) is 6.79. The van der Waals surface area contributed by atoms with Crippen LogP contribution in [0.15, 0.2) is 42.6 Å². The molecule has 4 nitrogen and oxygen atoms in total. The monoisotopic (exact) mass is 342 g/mol. The lowest BCUT2D eigenvalue weighted by Gasteiger charge is -2.12. The van der Waals surface area contributed by atoms with Gasteiger partial charge in [0.15, 0.2) is 0 Å². The zero-order chi connectivity index (χ0) is 16.6. The highest BCUT2D eigenvalue weighted by Gasteiger charge is 2.16. The second kappa shape index (κ2) is 5.96. The minimum atomic E-state index is 0.173. The Labute approximate surface area is 143 Å². The van der Waals surface area contributed by atoms with Crippen molar-refractivity contribution in [3.05, 3.63) is 58.2 Å². The molecule has 1 aromatic carbocycles. The van der Waals surface area contributed by atoms with Crippen molar-refractivity contribution in [3.63, 3.8) is 0 Å². The Morgan fingerprint density at radius 3 is 2.57 bits per heavy atom. The third kappa shape index (κ3) is 2.77. The van der Waals surface area contributed by atoms with E-state index in [0.717, 1.165) is 5.69 Å². The average Bonchev–Trinajstić information content (AvgIpc) is 2.92. The summed E-state index contributed by atoms with van der Waals surface area (Å²) < 4.78 is 1.92. The fraction of sp³-hybridized carbons (Fsp3) is 0.0588. The predicted octanol–water partition coefficient (Wildman–Crippen LogP) is 4.51. The number of pyridine rings is 1. The molecule has 0 fully saturated rings. The van der Waals surface area contributed by atoms with Gasteiger partial charge in [0.05, 0.1) is 10.7 Å². The fourth-order valence-electron chi connectivity index (χ4n) is 2.46. The summed E-state index contributed by atoms with van der Waals surface area (Å²) in [6, 6.07) is 12.9. The molecule has 0 amide bonds. The van der Waals surface area contributed by atoms with Crippen molar-refractivity contribution in [2.24, 2.45) is 7.05 Å². The minimum Gasteiger partial charge on any atom is -0.383 e. The number of halogens is 2. The molecule has 2 heterocycles. The second-order valence-corrected chi connectivity index (χ2v) is 5.90. The molecule has 3 rings (SSSR count). The van der Waals surface area contributed by atoms with Crippen molar-refractivity contribution in [1.82, 2.24) is 9.55 Å². The van der Waals surface area contributed by atoms with E-state index in [4.69, 9.17) is 28.9 Å². The van der Waals surface area contributed by atoms with E-state index in [1.54, 1.807) is 18.2 Å². The summed E-state index contributed by atoms with van der Waals surface area (Å²) >= 11 is 12.2. The molecule has 23 heavy (non-hydrogen) atoms. The summed E-state index contributed by atoms with van der Waals surface area (Å²) in [5, 5.41) is 10.4. The van der Waals surface area contributed by atoms with Gasteiger partial charge in [-0.3, -0.25) is 0 Å². The molecule has 0 saturated carbocycles. The molecule has 3 aromatic rings. The number of nitrogens with two attached hydrogens (primary N) is 1. The standard InChI is InChI=1S/C17H12Cl2N4/c1-23-6-2-3-16(23)12-8-15(22-17(21)13(12)9-20)11-5-4-10(18)7-14(11)19/h2-8H,1H3,(H2,21,22). The summed E-state index contributed by atoms with van der Waals surface area (Å²) in [6.45, 7) is 0. The number of aryl methyl sites for hydroxylation is 1. The first-order chi connectivity index (χ1) is 11.0. The number of nitrogens with zero attached hydrogens (tertiary/aromatic N) is 3. The molecule has 0 saturated heterocycles. The molecule has 0 aliphatic carbocycles. The molecular formula is C17H12Cl2N4. The van der Waals surface area contributed by atoms with Crippen LogP contribution in [0.3, 0.4) is 0 Å². The van der Waals surface area contributed by atoms with Crippen LogP contribution in [0.25, 0.3) is 22.5 Å². The zero-order valence-electron chi connectivity index (χ0n) is 12.2. The van der Waals surface area contributed by atoms with Crippen molar-refractivity contribution < 1.29 is 0 Å². The van der Waals surface area contributed by atoms with Gasteiger partial charge in [-0.2, -0.15) is 5.26 Å². The molecule has 0 bridgehead atoms. The van der Waals surface area contributed by atoms with Crippen LogP contribution in [0.4, 0.5) is 5.82 Å². The minimum absolute atomic E-state index is 0.173. The van der Waals surface area contributed by atoms with Gasteiger partial charge in [0.2, 0.25) is 0 Å². The van der Waals surface area contributed by atoms with Gasteiger partial charge in [0, 0.05) is 35.1 Å². The highest BCUT2D eigenvalue weighted by molar-refractivity contribution is 6.36. The third-order valence-corrected chi connectivity index (χ3v) is 4.13. The van der Waals surface area contributed by atoms with Crippen LogP contribution in [-0.4, -0.2) is 9.55 Å². The number of nitriles is 1. The lowest BCUT2D eigenvalue weighted by Crippen LogP contribution is -2.01. The Morgan fingerprint density at radius 2 is 1.96 bits per heavy atom. The average molecular weight is 343 g/mol. The third-order valence-electron chi connectivity index (χ3n) is 3.59. The molecule has 0 radical (unpaired) electrons. The van der Waals surface area contributed by atoms with Gasteiger partial charge < -0.3 is 10.3 Å². The van der Waals surface area contributed by atoms with Crippen molar-refractivity contribution in [1.29, 1.82) is 5.26 Å². The fourth-order valence-corrected chi connectivity index (χ4v) is 2.97. The van der Waals surface area contributed by atoms with Crippen LogP contribution < -0.4 is 5.73 Å². The van der Waals surface area contributed by atoms with Gasteiger partial charge in [0.25, 0.3) is 0 Å². The molecule has 6 heteroatoms. The summed E-state index contributed by atoms with van der Waals surface area (Å²) in [5.41, 5.74) is 9.24. The largest absolute Gasteiger partial charge is 0.383 e. The first kappa shape index (κ1) is 15.4.